The second kappa shape index (κ2) is 3.71. The van der Waals surface area contributed by atoms with Gasteiger partial charge in [-0.05, 0) is 49.9 Å². The molecular formula is C14H24N2. The summed E-state index contributed by atoms with van der Waals surface area (Å²) in [5.41, 5.74) is 0. The van der Waals surface area contributed by atoms with Gasteiger partial charge in [-0.1, -0.05) is 6.42 Å². The lowest BCUT2D eigenvalue weighted by atomic mass is 9.93. The molecule has 4 atom stereocenters. The van der Waals surface area contributed by atoms with Crippen LogP contribution in [0.3, 0.4) is 0 Å². The highest BCUT2D eigenvalue weighted by atomic mass is 15.2. The Morgan fingerprint density at radius 3 is 2.50 bits per heavy atom. The Labute approximate surface area is 98.8 Å². The van der Waals surface area contributed by atoms with Gasteiger partial charge in [0.2, 0.25) is 0 Å². The summed E-state index contributed by atoms with van der Waals surface area (Å²) in [7, 11) is 0. The van der Waals surface area contributed by atoms with Gasteiger partial charge in [0.05, 0.1) is 0 Å². The number of nitrogens with one attached hydrogen (secondary N) is 1. The van der Waals surface area contributed by atoms with Gasteiger partial charge in [-0.15, -0.1) is 0 Å². The standard InChI is InChI=1S/C14H24N2/c1-2-12-7-10(1)8-14(12)16-6-5-15-13(9-16)11-3-4-11/h10-15H,1-9H2. The van der Waals surface area contributed by atoms with Crippen LogP contribution in [0.15, 0.2) is 0 Å². The molecule has 16 heavy (non-hydrogen) atoms. The molecule has 0 radical (unpaired) electrons. The SMILES string of the molecule is C1CN(C2CC3CCC2C3)CC(C2CC2)N1. The maximum atomic E-state index is 3.74. The topological polar surface area (TPSA) is 15.3 Å². The van der Waals surface area contributed by atoms with Crippen LogP contribution >= 0.6 is 0 Å². The number of rotatable bonds is 2. The molecule has 4 unspecified atom stereocenters. The molecule has 0 aromatic rings. The third-order valence-corrected chi connectivity index (χ3v) is 5.60. The zero-order valence-corrected chi connectivity index (χ0v) is 10.2. The van der Waals surface area contributed by atoms with Crippen molar-refractivity contribution in [1.82, 2.24) is 10.2 Å². The number of hydrogen-bond donors (Lipinski definition) is 1. The molecule has 4 fully saturated rings. The van der Waals surface area contributed by atoms with E-state index in [2.05, 4.69) is 10.2 Å². The van der Waals surface area contributed by atoms with E-state index >= 15 is 0 Å². The van der Waals surface area contributed by atoms with E-state index in [-0.39, 0.29) is 0 Å². The van der Waals surface area contributed by atoms with Crippen molar-refractivity contribution in [2.75, 3.05) is 19.6 Å². The van der Waals surface area contributed by atoms with Gasteiger partial charge in [-0.3, -0.25) is 4.90 Å². The zero-order valence-electron chi connectivity index (χ0n) is 10.2. The highest BCUT2D eigenvalue weighted by molar-refractivity contribution is 4.99. The van der Waals surface area contributed by atoms with E-state index in [0.717, 1.165) is 29.8 Å². The monoisotopic (exact) mass is 220 g/mol. The Kier molecular flexibility index (Phi) is 2.29. The highest BCUT2D eigenvalue weighted by Crippen LogP contribution is 2.47. The summed E-state index contributed by atoms with van der Waals surface area (Å²) in [5, 5.41) is 3.74. The van der Waals surface area contributed by atoms with Gasteiger partial charge in [0.1, 0.15) is 0 Å². The minimum atomic E-state index is 0.841. The molecule has 0 aromatic heterocycles. The van der Waals surface area contributed by atoms with Crippen molar-refractivity contribution in [3.05, 3.63) is 0 Å². The maximum Gasteiger partial charge on any atom is 0.0223 e. The van der Waals surface area contributed by atoms with Crippen LogP contribution in [0.5, 0.6) is 0 Å². The van der Waals surface area contributed by atoms with E-state index < -0.39 is 0 Å². The Hall–Kier alpha value is -0.0800. The Bertz CT molecular complexity index is 274. The fourth-order valence-electron chi connectivity index (χ4n) is 4.58. The number of piperazine rings is 1. The first-order chi connectivity index (χ1) is 7.90. The molecule has 0 aromatic carbocycles. The van der Waals surface area contributed by atoms with Gasteiger partial charge in [-0.25, -0.2) is 0 Å². The molecule has 2 bridgehead atoms. The lowest BCUT2D eigenvalue weighted by Gasteiger charge is -2.41. The maximum absolute atomic E-state index is 3.74. The normalized spacial score (nSPS) is 48.8. The largest absolute Gasteiger partial charge is 0.311 e. The van der Waals surface area contributed by atoms with Crippen molar-refractivity contribution >= 4 is 0 Å². The molecule has 1 aliphatic heterocycles. The van der Waals surface area contributed by atoms with Crippen LogP contribution in [0.2, 0.25) is 0 Å². The van der Waals surface area contributed by atoms with Crippen LogP contribution in [0.4, 0.5) is 0 Å². The van der Waals surface area contributed by atoms with Crippen LogP contribution in [0.1, 0.15) is 38.5 Å². The molecule has 1 saturated heterocycles. The molecule has 0 amide bonds. The van der Waals surface area contributed by atoms with Crippen molar-refractivity contribution in [2.45, 2.75) is 50.6 Å². The van der Waals surface area contributed by atoms with Gasteiger partial charge >= 0.3 is 0 Å². The molecule has 4 aliphatic rings. The molecule has 3 saturated carbocycles. The molecule has 0 spiro atoms. The fourth-order valence-corrected chi connectivity index (χ4v) is 4.58. The first-order valence-electron chi connectivity index (χ1n) is 7.37. The van der Waals surface area contributed by atoms with E-state index in [1.54, 1.807) is 12.8 Å². The van der Waals surface area contributed by atoms with E-state index in [4.69, 9.17) is 0 Å². The molecule has 3 aliphatic carbocycles. The molecule has 4 rings (SSSR count). The van der Waals surface area contributed by atoms with Gasteiger partial charge in [0, 0.05) is 31.7 Å². The number of fused-ring (bicyclic) bond motifs is 2. The zero-order chi connectivity index (χ0) is 10.5. The van der Waals surface area contributed by atoms with E-state index in [9.17, 15) is 0 Å². The molecule has 2 nitrogen and oxygen atoms in total. The number of nitrogens with zero attached hydrogens (tertiary/aromatic N) is 1. The van der Waals surface area contributed by atoms with Crippen molar-refractivity contribution in [1.29, 1.82) is 0 Å². The van der Waals surface area contributed by atoms with Crippen molar-refractivity contribution in [2.24, 2.45) is 17.8 Å². The summed E-state index contributed by atoms with van der Waals surface area (Å²) in [6.07, 6.45) is 9.14. The van der Waals surface area contributed by atoms with Crippen LogP contribution in [0.25, 0.3) is 0 Å². The molecule has 2 heteroatoms. The molecular weight excluding hydrogens is 196 g/mol. The van der Waals surface area contributed by atoms with Gasteiger partial charge in [0.25, 0.3) is 0 Å². The van der Waals surface area contributed by atoms with Crippen molar-refractivity contribution in [3.63, 3.8) is 0 Å². The van der Waals surface area contributed by atoms with E-state index in [1.165, 1.54) is 45.3 Å². The Morgan fingerprint density at radius 2 is 1.81 bits per heavy atom. The quantitative estimate of drug-likeness (QED) is 0.764. The van der Waals surface area contributed by atoms with Crippen molar-refractivity contribution < 1.29 is 0 Å². The van der Waals surface area contributed by atoms with E-state index in [0.29, 0.717) is 0 Å². The van der Waals surface area contributed by atoms with E-state index in [1.807, 2.05) is 0 Å². The van der Waals surface area contributed by atoms with Gasteiger partial charge in [0.15, 0.2) is 0 Å². The van der Waals surface area contributed by atoms with Crippen molar-refractivity contribution in [3.8, 4) is 0 Å². The second-order valence-electron chi connectivity index (χ2n) is 6.64. The summed E-state index contributed by atoms with van der Waals surface area (Å²) in [6, 6.07) is 1.81. The molecule has 1 N–H and O–H groups in total. The van der Waals surface area contributed by atoms with Gasteiger partial charge < -0.3 is 5.32 Å². The predicted octanol–water partition coefficient (Wildman–Crippen LogP) is 1.86. The third-order valence-electron chi connectivity index (χ3n) is 5.60. The average Bonchev–Trinajstić information content (AvgIpc) is 2.98. The predicted molar refractivity (Wildman–Crippen MR) is 65.3 cm³/mol. The van der Waals surface area contributed by atoms with Crippen LogP contribution in [0, 0.1) is 17.8 Å². The summed E-state index contributed by atoms with van der Waals surface area (Å²) in [4.78, 5) is 2.85. The fraction of sp³-hybridized carbons (Fsp3) is 1.00. The number of hydrogen-bond acceptors (Lipinski definition) is 2. The van der Waals surface area contributed by atoms with Crippen LogP contribution in [-0.2, 0) is 0 Å². The third kappa shape index (κ3) is 1.62. The summed E-state index contributed by atoms with van der Waals surface area (Å²) in [5.74, 6) is 3.20. The van der Waals surface area contributed by atoms with Gasteiger partial charge in [-0.2, -0.15) is 0 Å². The highest BCUT2D eigenvalue weighted by Gasteiger charge is 2.44. The first-order valence-corrected chi connectivity index (χ1v) is 7.37. The minimum absolute atomic E-state index is 0.841. The summed E-state index contributed by atoms with van der Waals surface area (Å²) >= 11 is 0. The average molecular weight is 220 g/mol. The van der Waals surface area contributed by atoms with Crippen LogP contribution < -0.4 is 5.32 Å². The minimum Gasteiger partial charge on any atom is -0.311 e. The van der Waals surface area contributed by atoms with Crippen LogP contribution in [-0.4, -0.2) is 36.6 Å². The second-order valence-corrected chi connectivity index (χ2v) is 6.64. The first kappa shape index (κ1) is 9.90. The Balaban J connectivity index is 1.42. The smallest absolute Gasteiger partial charge is 0.0223 e. The summed E-state index contributed by atoms with van der Waals surface area (Å²) < 4.78 is 0. The molecule has 1 heterocycles. The lowest BCUT2D eigenvalue weighted by molar-refractivity contribution is 0.0992. The summed E-state index contributed by atoms with van der Waals surface area (Å²) in [6.45, 7) is 3.92. The Morgan fingerprint density at radius 1 is 0.938 bits per heavy atom. The molecule has 90 valence electrons. The lowest BCUT2D eigenvalue weighted by Crippen LogP contribution is -2.55.